The Bertz CT molecular complexity index is 385. The van der Waals surface area contributed by atoms with E-state index >= 15 is 0 Å². The minimum atomic E-state index is 0.0692. The lowest BCUT2D eigenvalue weighted by atomic mass is 10.1. The molecule has 0 atom stereocenters. The van der Waals surface area contributed by atoms with Gasteiger partial charge < -0.3 is 15.6 Å². The van der Waals surface area contributed by atoms with Gasteiger partial charge in [-0.25, -0.2) is 0 Å². The third-order valence-corrected chi connectivity index (χ3v) is 2.75. The number of benzene rings is 1. The first kappa shape index (κ1) is 15.0. The second-order valence-electron chi connectivity index (χ2n) is 4.14. The monoisotopic (exact) mass is 268 g/mol. The number of aliphatic hydroxyl groups excluding tert-OH is 1. The lowest BCUT2D eigenvalue weighted by Gasteiger charge is -2.17. The fourth-order valence-corrected chi connectivity index (χ4v) is 1.73. The normalized spacial score (nSPS) is 10.8. The van der Waals surface area contributed by atoms with E-state index in [1.807, 2.05) is 31.3 Å². The molecule has 3 N–H and O–H groups in total. The molecule has 0 fully saturated rings. The molecule has 0 aromatic heterocycles. The maximum atomic E-state index is 8.59. The van der Waals surface area contributed by atoms with E-state index in [4.69, 9.17) is 27.8 Å². The number of rotatable bonds is 8. The Morgan fingerprint density at radius 2 is 2.22 bits per heavy atom. The smallest absolute Gasteiger partial charge is 0.103 e. The average Bonchev–Trinajstić information content (AvgIpc) is 2.35. The van der Waals surface area contributed by atoms with Crippen molar-refractivity contribution in [3.05, 3.63) is 35.4 Å². The molecule has 0 unspecified atom stereocenters. The molecule has 0 heterocycles. The zero-order valence-electron chi connectivity index (χ0n) is 10.6. The Morgan fingerprint density at radius 1 is 1.44 bits per heavy atom. The minimum Gasteiger partial charge on any atom is -0.394 e. The van der Waals surface area contributed by atoms with Gasteiger partial charge in [-0.15, -0.1) is 0 Å². The van der Waals surface area contributed by atoms with E-state index in [1.165, 1.54) is 5.56 Å². The summed E-state index contributed by atoms with van der Waals surface area (Å²) >= 11 is 4.95. The highest BCUT2D eigenvalue weighted by molar-refractivity contribution is 7.80. The molecule has 0 aliphatic heterocycles. The highest BCUT2D eigenvalue weighted by Gasteiger charge is 2.02. The first-order valence-corrected chi connectivity index (χ1v) is 6.30. The molecular formula is C13H20N2O2S. The van der Waals surface area contributed by atoms with E-state index < -0.39 is 0 Å². The van der Waals surface area contributed by atoms with Crippen molar-refractivity contribution >= 4 is 17.2 Å². The third kappa shape index (κ3) is 5.55. The van der Waals surface area contributed by atoms with Crippen molar-refractivity contribution in [1.82, 2.24) is 4.90 Å². The summed E-state index contributed by atoms with van der Waals surface area (Å²) in [6.07, 6.45) is 0. The van der Waals surface area contributed by atoms with Crippen LogP contribution in [-0.2, 0) is 11.3 Å². The summed E-state index contributed by atoms with van der Waals surface area (Å²) in [5.41, 5.74) is 7.67. The van der Waals surface area contributed by atoms with Crippen molar-refractivity contribution in [3.8, 4) is 0 Å². The highest BCUT2D eigenvalue weighted by atomic mass is 32.1. The highest BCUT2D eigenvalue weighted by Crippen LogP contribution is 2.07. The summed E-state index contributed by atoms with van der Waals surface area (Å²) in [7, 11) is 2.02. The van der Waals surface area contributed by atoms with E-state index in [0.717, 1.165) is 18.7 Å². The van der Waals surface area contributed by atoms with Gasteiger partial charge >= 0.3 is 0 Å². The lowest BCUT2D eigenvalue weighted by Crippen LogP contribution is -2.23. The number of thiocarbonyl (C=S) groups is 1. The van der Waals surface area contributed by atoms with Crippen molar-refractivity contribution in [2.45, 2.75) is 6.54 Å². The molecule has 0 spiro atoms. The summed E-state index contributed by atoms with van der Waals surface area (Å²) in [6.45, 7) is 2.72. The molecular weight excluding hydrogens is 248 g/mol. The topological polar surface area (TPSA) is 58.7 Å². The number of nitrogens with two attached hydrogens (primary N) is 1. The second-order valence-corrected chi connectivity index (χ2v) is 4.58. The van der Waals surface area contributed by atoms with Gasteiger partial charge in [-0.1, -0.05) is 30.4 Å². The van der Waals surface area contributed by atoms with Gasteiger partial charge in [0.1, 0.15) is 4.99 Å². The molecule has 0 saturated carbocycles. The van der Waals surface area contributed by atoms with Crippen LogP contribution >= 0.6 is 12.2 Å². The molecule has 18 heavy (non-hydrogen) atoms. The Labute approximate surface area is 113 Å². The maximum Gasteiger partial charge on any atom is 0.103 e. The van der Waals surface area contributed by atoms with Crippen LogP contribution in [-0.4, -0.2) is 48.4 Å². The summed E-state index contributed by atoms with van der Waals surface area (Å²) in [5.74, 6) is 0. The van der Waals surface area contributed by atoms with Gasteiger partial charge in [-0.3, -0.25) is 4.90 Å². The molecule has 0 aliphatic carbocycles. The van der Waals surface area contributed by atoms with Crippen molar-refractivity contribution < 1.29 is 9.84 Å². The van der Waals surface area contributed by atoms with E-state index in [1.54, 1.807) is 0 Å². The van der Waals surface area contributed by atoms with E-state index in [-0.39, 0.29) is 6.61 Å². The minimum absolute atomic E-state index is 0.0692. The standard InChI is InChI=1S/C13H20N2O2S/c1-15(5-7-17-8-6-16)10-11-3-2-4-12(9-11)13(14)18/h2-4,9,16H,5-8,10H2,1H3,(H2,14,18). The Hall–Kier alpha value is -1.01. The molecule has 1 rings (SSSR count). The number of nitrogens with zero attached hydrogens (tertiary/aromatic N) is 1. The molecule has 100 valence electrons. The van der Waals surface area contributed by atoms with Gasteiger partial charge in [0, 0.05) is 18.7 Å². The van der Waals surface area contributed by atoms with Crippen LogP contribution in [0.1, 0.15) is 11.1 Å². The number of hydrogen-bond acceptors (Lipinski definition) is 4. The lowest BCUT2D eigenvalue weighted by molar-refractivity contribution is 0.0773. The molecule has 0 aliphatic rings. The van der Waals surface area contributed by atoms with Gasteiger partial charge in [0.05, 0.1) is 19.8 Å². The molecule has 0 bridgehead atoms. The summed E-state index contributed by atoms with van der Waals surface area (Å²) in [4.78, 5) is 2.57. The summed E-state index contributed by atoms with van der Waals surface area (Å²) < 4.78 is 5.22. The molecule has 0 amide bonds. The molecule has 1 aromatic rings. The van der Waals surface area contributed by atoms with Crippen molar-refractivity contribution in [1.29, 1.82) is 0 Å². The fourth-order valence-electron chi connectivity index (χ4n) is 1.60. The zero-order chi connectivity index (χ0) is 13.4. The van der Waals surface area contributed by atoms with Crippen LogP contribution < -0.4 is 5.73 Å². The predicted molar refractivity (Wildman–Crippen MR) is 76.6 cm³/mol. The average molecular weight is 268 g/mol. The number of ether oxygens (including phenoxy) is 1. The predicted octanol–water partition coefficient (Wildman–Crippen LogP) is 0.762. The third-order valence-electron chi connectivity index (χ3n) is 2.52. The quantitative estimate of drug-likeness (QED) is 0.538. The Morgan fingerprint density at radius 3 is 2.89 bits per heavy atom. The number of likely N-dealkylation sites (N-methyl/N-ethyl adjacent to an activating group) is 1. The fraction of sp³-hybridized carbons (Fsp3) is 0.462. The van der Waals surface area contributed by atoms with E-state index in [2.05, 4.69) is 4.90 Å². The van der Waals surface area contributed by atoms with Crippen molar-refractivity contribution in [3.63, 3.8) is 0 Å². The Kier molecular flexibility index (Phi) is 6.82. The maximum absolute atomic E-state index is 8.59. The van der Waals surface area contributed by atoms with Crippen molar-refractivity contribution in [2.75, 3.05) is 33.4 Å². The number of hydrogen-bond donors (Lipinski definition) is 2. The SMILES string of the molecule is CN(CCOCCO)Cc1cccc(C(N)=S)c1. The van der Waals surface area contributed by atoms with E-state index in [9.17, 15) is 0 Å². The van der Waals surface area contributed by atoms with Crippen LogP contribution in [0.15, 0.2) is 24.3 Å². The summed E-state index contributed by atoms with van der Waals surface area (Å²) in [6, 6.07) is 7.93. The second kappa shape index (κ2) is 8.16. The molecule has 5 heteroatoms. The van der Waals surface area contributed by atoms with Crippen LogP contribution in [0.4, 0.5) is 0 Å². The van der Waals surface area contributed by atoms with Crippen LogP contribution in [0.25, 0.3) is 0 Å². The van der Waals surface area contributed by atoms with Gasteiger partial charge in [0.15, 0.2) is 0 Å². The first-order valence-electron chi connectivity index (χ1n) is 5.89. The van der Waals surface area contributed by atoms with Gasteiger partial charge in [0.25, 0.3) is 0 Å². The van der Waals surface area contributed by atoms with E-state index in [0.29, 0.717) is 18.2 Å². The Balaban J connectivity index is 2.41. The number of aliphatic hydroxyl groups is 1. The van der Waals surface area contributed by atoms with Gasteiger partial charge in [-0.2, -0.15) is 0 Å². The van der Waals surface area contributed by atoms with Crippen LogP contribution in [0.5, 0.6) is 0 Å². The molecule has 0 saturated heterocycles. The van der Waals surface area contributed by atoms with Gasteiger partial charge in [-0.05, 0) is 18.7 Å². The van der Waals surface area contributed by atoms with Crippen LogP contribution in [0.2, 0.25) is 0 Å². The van der Waals surface area contributed by atoms with Crippen LogP contribution in [0, 0.1) is 0 Å². The first-order chi connectivity index (χ1) is 8.63. The zero-order valence-corrected chi connectivity index (χ0v) is 11.4. The van der Waals surface area contributed by atoms with Crippen molar-refractivity contribution in [2.24, 2.45) is 5.73 Å². The summed E-state index contributed by atoms with van der Waals surface area (Å²) in [5, 5.41) is 8.59. The molecule has 4 nitrogen and oxygen atoms in total. The molecule has 1 aromatic carbocycles. The molecule has 0 radical (unpaired) electrons. The van der Waals surface area contributed by atoms with Crippen LogP contribution in [0.3, 0.4) is 0 Å². The van der Waals surface area contributed by atoms with Gasteiger partial charge in [0.2, 0.25) is 0 Å². The largest absolute Gasteiger partial charge is 0.394 e.